The van der Waals surface area contributed by atoms with E-state index in [0.29, 0.717) is 82.9 Å². The van der Waals surface area contributed by atoms with E-state index in [1.165, 1.54) is 24.3 Å². The Hall–Kier alpha value is -9.95. The van der Waals surface area contributed by atoms with E-state index >= 15 is 0 Å². The van der Waals surface area contributed by atoms with Crippen molar-refractivity contribution in [2.45, 2.75) is 109 Å². The molecule has 15 rings (SSSR count). The van der Waals surface area contributed by atoms with Gasteiger partial charge in [0.15, 0.2) is 17.1 Å². The zero-order chi connectivity index (χ0) is 80.2. The van der Waals surface area contributed by atoms with Gasteiger partial charge in [0.2, 0.25) is 0 Å². The Morgan fingerprint density at radius 2 is 0.702 bits per heavy atom. The molecule has 0 spiro atoms. The largest absolute Gasteiger partial charge is 0.394 e. The zero-order valence-corrected chi connectivity index (χ0v) is 67.6. The molecule has 582 valence electrons. The van der Waals surface area contributed by atoms with Gasteiger partial charge in [0.05, 0.1) is 80.0 Å². The summed E-state index contributed by atoms with van der Waals surface area (Å²) in [5.74, 6) is -1.56. The second-order valence-electron chi connectivity index (χ2n) is 28.5. The number of carbonyl (C=O) groups excluding carboxylic acids is 3. The van der Waals surface area contributed by atoms with Crippen molar-refractivity contribution in [2.24, 2.45) is 0 Å². The number of hydrogen-bond donors (Lipinski definition) is 5. The maximum absolute atomic E-state index is 13.8. The molecule has 5 N–H and O–H groups in total. The zero-order valence-electron chi connectivity index (χ0n) is 62.3. The van der Waals surface area contributed by atoms with Gasteiger partial charge in [-0.25, -0.2) is 22.8 Å². The van der Waals surface area contributed by atoms with Gasteiger partial charge >= 0.3 is 0 Å². The van der Waals surface area contributed by atoms with Gasteiger partial charge < -0.3 is 26.2 Å². The normalized spacial score (nSPS) is 15.0. The molecule has 0 radical (unpaired) electrons. The predicted octanol–water partition coefficient (Wildman–Crippen LogP) is 22.9. The first-order valence-corrected chi connectivity index (χ1v) is 40.2. The average Bonchev–Trinajstić information content (AvgIpc) is 1.62. The topological polar surface area (TPSA) is 181 Å². The van der Waals surface area contributed by atoms with Crippen molar-refractivity contribution < 1.29 is 33.4 Å². The molecule has 0 fully saturated rings. The first-order chi connectivity index (χ1) is 55.1. The number of nitrogens with zero attached hydrogens (tertiary/aromatic N) is 6. The van der Waals surface area contributed by atoms with Crippen LogP contribution in [0.5, 0.6) is 0 Å². The maximum atomic E-state index is 13.8. The smallest absolute Gasteiger partial charge is 0.272 e. The molecular weight excluding hydrogens is 1590 g/mol. The Balaban J connectivity index is 0.000000149. The third-order valence-corrected chi connectivity index (χ3v) is 22.1. The lowest BCUT2D eigenvalue weighted by molar-refractivity contribution is 0.0898. The highest BCUT2D eigenvalue weighted by Gasteiger charge is 2.35. The van der Waals surface area contributed by atoms with Crippen LogP contribution in [0.3, 0.4) is 0 Å². The van der Waals surface area contributed by atoms with E-state index in [4.69, 9.17) is 96.5 Å². The quantitative estimate of drug-likeness (QED) is 0.0559. The van der Waals surface area contributed by atoms with Crippen molar-refractivity contribution in [1.29, 1.82) is 0 Å². The molecule has 3 aliphatic rings. The first-order valence-electron chi connectivity index (χ1n) is 37.5. The molecule has 2 atom stereocenters. The Bertz CT molecular complexity index is 5330. The first kappa shape index (κ1) is 82.0. The number of fused-ring (bicyclic) bond motifs is 3. The summed E-state index contributed by atoms with van der Waals surface area (Å²) < 4.78 is 32.4. The van der Waals surface area contributed by atoms with Gasteiger partial charge in [-0.2, -0.15) is 15.3 Å². The molecule has 23 heteroatoms. The Morgan fingerprint density at radius 3 is 1.03 bits per heavy atom. The Kier molecular flexibility index (Phi) is 27.0. The van der Waals surface area contributed by atoms with Crippen LogP contribution in [-0.4, -0.2) is 70.5 Å². The molecule has 1 unspecified atom stereocenters. The summed E-state index contributed by atoms with van der Waals surface area (Å²) in [6.45, 7) is 3.47. The number of aliphatic hydroxyl groups excluding tert-OH is 2. The van der Waals surface area contributed by atoms with Crippen molar-refractivity contribution in [3.63, 3.8) is 0 Å². The van der Waals surface area contributed by atoms with Gasteiger partial charge in [-0.3, -0.25) is 14.4 Å². The summed E-state index contributed by atoms with van der Waals surface area (Å²) >= 11 is 44.5. The van der Waals surface area contributed by atoms with Crippen LogP contribution in [-0.2, 0) is 24.8 Å². The number of amides is 3. The van der Waals surface area contributed by atoms with E-state index in [0.717, 1.165) is 142 Å². The van der Waals surface area contributed by atoms with Crippen LogP contribution in [0.1, 0.15) is 182 Å². The number of aromatic nitrogens is 6. The lowest BCUT2D eigenvalue weighted by atomic mass is 9.94. The third-order valence-electron chi connectivity index (χ3n) is 20.2. The molecule has 3 heterocycles. The van der Waals surface area contributed by atoms with E-state index in [2.05, 4.69) is 22.0 Å². The lowest BCUT2D eigenvalue weighted by Crippen LogP contribution is -2.41. The molecule has 3 amide bonds. The summed E-state index contributed by atoms with van der Waals surface area (Å²) in [4.78, 5) is 41.1. The number of carbonyl (C=O) groups is 3. The van der Waals surface area contributed by atoms with Crippen molar-refractivity contribution in [3.05, 3.63) is 349 Å². The Labute approximate surface area is 695 Å². The van der Waals surface area contributed by atoms with Crippen LogP contribution < -0.4 is 16.0 Å². The minimum atomic E-state index is -0.607. The maximum Gasteiger partial charge on any atom is 0.272 e. The number of allylic oxidation sites excluding steroid dienone is 3. The van der Waals surface area contributed by atoms with Gasteiger partial charge in [0.25, 0.3) is 17.7 Å². The van der Waals surface area contributed by atoms with Crippen LogP contribution in [0.2, 0.25) is 35.2 Å². The second kappa shape index (κ2) is 37.6. The number of nitrogens with one attached hydrogen (secondary N) is 3. The second-order valence-corrected chi connectivity index (χ2v) is 31.5. The van der Waals surface area contributed by atoms with Gasteiger partial charge in [0, 0.05) is 36.8 Å². The highest BCUT2D eigenvalue weighted by atomic mass is 35.5. The van der Waals surface area contributed by atoms with E-state index in [1.54, 1.807) is 80.8 Å². The summed E-state index contributed by atoms with van der Waals surface area (Å²) in [6.07, 6.45) is 16.1. The van der Waals surface area contributed by atoms with Crippen LogP contribution >= 0.6 is 81.2 Å². The van der Waals surface area contributed by atoms with Crippen LogP contribution in [0.25, 0.3) is 52.0 Å². The molecule has 12 aromatic rings. The molecule has 9 aromatic carbocycles. The number of rotatable bonds is 17. The highest BCUT2D eigenvalue weighted by Crippen LogP contribution is 2.42. The molecule has 0 saturated carbocycles. The summed E-state index contributed by atoms with van der Waals surface area (Å²) in [7, 11) is 0. The number of hydrogen-bond acceptors (Lipinski definition) is 8. The molecule has 0 saturated heterocycles. The van der Waals surface area contributed by atoms with Crippen molar-refractivity contribution in [1.82, 2.24) is 45.3 Å². The van der Waals surface area contributed by atoms with E-state index in [9.17, 15) is 33.4 Å². The average molecular weight is 1670 g/mol. The fourth-order valence-corrected chi connectivity index (χ4v) is 16.1. The molecule has 0 bridgehead atoms. The fraction of sp³-hybridized carbons (Fsp3) is 0.209. The van der Waals surface area contributed by atoms with Crippen molar-refractivity contribution in [2.75, 3.05) is 13.2 Å². The van der Waals surface area contributed by atoms with Crippen LogP contribution in [0, 0.1) is 11.6 Å². The standard InChI is InChI=1S/C31H28Cl2FN3O.C30H26Cl3N3O2.C30H26Cl2FN3O2/c1-31(2,22-9-4-3-5-10-22)35-30(38)28-25-11-7-6-8-21(18-20-12-15-24(34)16-13-20)29(25)37(36-28)27-17-14-23(32)19-26(27)33;31-22-12-10-19(11-13-22)16-21-8-4-5-9-24-28(30(38)34-26(18-37)20-6-2-1-3-7-20)35-36(29(21)24)27-15-14-23(32)17-25(27)33;31-22-12-15-27(25(32)17-22)36-29-21(16-19-10-13-23(33)14-11-19)8-4-5-9-24(29)28(35-36)30(38)34-26(18-37)20-6-2-1-3-7-20/h3-5,9-10,12-19H,6-8,11H2,1-2H3,(H,35,38);2*1-3,6-7,10-17,26,37H,4-5,8-9,18H2,(H,34,38)/b21-18+;2*21-16+/t;;26-/m..1/s1. The summed E-state index contributed by atoms with van der Waals surface area (Å²) in [5, 5.41) is 47.1. The molecular formula is C91H80Cl7F2N9O5. The van der Waals surface area contributed by atoms with Crippen LogP contribution in [0.15, 0.2) is 218 Å². The van der Waals surface area contributed by atoms with E-state index in [-0.39, 0.29) is 48.3 Å². The molecule has 3 aliphatic carbocycles. The van der Waals surface area contributed by atoms with E-state index in [1.807, 2.05) is 153 Å². The predicted molar refractivity (Wildman–Crippen MR) is 456 cm³/mol. The van der Waals surface area contributed by atoms with Crippen molar-refractivity contribution >= 4 is 134 Å². The summed E-state index contributed by atoms with van der Waals surface area (Å²) in [6, 6.07) is 63.4. The fourth-order valence-electron chi connectivity index (χ4n) is 14.6. The number of aliphatic hydroxyl groups is 2. The van der Waals surface area contributed by atoms with Gasteiger partial charge in [-0.15, -0.1) is 0 Å². The van der Waals surface area contributed by atoms with Crippen molar-refractivity contribution in [3.8, 4) is 17.1 Å². The number of benzene rings is 9. The minimum absolute atomic E-state index is 0.233. The molecule has 14 nitrogen and oxygen atoms in total. The Morgan fingerprint density at radius 1 is 0.404 bits per heavy atom. The van der Waals surface area contributed by atoms with Gasteiger partial charge in [-0.1, -0.05) is 209 Å². The highest BCUT2D eigenvalue weighted by molar-refractivity contribution is 6.37. The SMILES string of the molecule is CC(C)(NC(=O)c1nn(-c2ccc(Cl)cc2Cl)c2c1CCCC/C2=C\c1ccc(F)cc1)c1ccccc1.O=C(NC(CO)c1ccccc1)c1nn(-c2ccc(Cl)cc2Cl)c2c1CCCC/C2=C\c1ccc(Cl)cc1.O=C(N[C@H](CO)c1ccccc1)c1nn(-c2ccc(Cl)cc2Cl)c2c1CCCC/C2=C\c1ccc(F)cc1. The van der Waals surface area contributed by atoms with Gasteiger partial charge in [0.1, 0.15) is 11.6 Å². The molecule has 0 aliphatic heterocycles. The third kappa shape index (κ3) is 19.5. The number of halogens is 9. The summed E-state index contributed by atoms with van der Waals surface area (Å²) in [5.41, 5.74) is 15.7. The minimum Gasteiger partial charge on any atom is -0.394 e. The molecule has 114 heavy (non-hydrogen) atoms. The van der Waals surface area contributed by atoms with E-state index < -0.39 is 17.6 Å². The van der Waals surface area contributed by atoms with Crippen LogP contribution in [0.4, 0.5) is 8.78 Å². The molecule has 3 aromatic heterocycles. The van der Waals surface area contributed by atoms with Gasteiger partial charge in [-0.05, 0) is 250 Å². The monoisotopic (exact) mass is 1660 g/mol. The lowest BCUT2D eigenvalue weighted by Gasteiger charge is -2.26.